The van der Waals surface area contributed by atoms with E-state index >= 15 is 0 Å². The Bertz CT molecular complexity index is 1480. The molecule has 0 fully saturated rings. The maximum atomic E-state index is 12.9. The number of aromatic nitrogens is 5. The molecule has 0 aliphatic carbocycles. The van der Waals surface area contributed by atoms with E-state index in [0.29, 0.717) is 18.9 Å². The summed E-state index contributed by atoms with van der Waals surface area (Å²) in [6.45, 7) is 2.11. The first-order chi connectivity index (χ1) is 16.7. The van der Waals surface area contributed by atoms with Crippen molar-refractivity contribution in [3.8, 4) is 27.6 Å². The lowest BCUT2D eigenvalue weighted by molar-refractivity contribution is 0.242. The minimum Gasteiger partial charge on any atom is -0.306 e. The standard InChI is InChI=1S/C26H22N6OS/c33-26-21-17-31(13-10-22(21)28-25(29-26)18-8-11-27-12-9-18)15-19-16-32(20-5-2-1-3-6-20)30-24(19)23-7-4-14-34-23/h1-9,11-12,14,16H,10,13,15,17H2,(H,28,29,33). The van der Waals surface area contributed by atoms with Crippen LogP contribution in [0.15, 0.2) is 83.4 Å². The fourth-order valence-corrected chi connectivity index (χ4v) is 5.11. The van der Waals surface area contributed by atoms with Crippen LogP contribution in [0, 0.1) is 0 Å². The Morgan fingerprint density at radius 3 is 2.68 bits per heavy atom. The average Bonchev–Trinajstić information content (AvgIpc) is 3.56. The summed E-state index contributed by atoms with van der Waals surface area (Å²) >= 11 is 1.69. The summed E-state index contributed by atoms with van der Waals surface area (Å²) in [5.74, 6) is 0.601. The Morgan fingerprint density at radius 1 is 1.03 bits per heavy atom. The number of pyridine rings is 1. The monoisotopic (exact) mass is 466 g/mol. The van der Waals surface area contributed by atoms with Gasteiger partial charge in [0.1, 0.15) is 11.5 Å². The van der Waals surface area contributed by atoms with Gasteiger partial charge in [-0.2, -0.15) is 5.10 Å². The first-order valence-electron chi connectivity index (χ1n) is 11.2. The molecular formula is C26H22N6OS. The van der Waals surface area contributed by atoms with Crippen molar-refractivity contribution in [2.45, 2.75) is 19.5 Å². The van der Waals surface area contributed by atoms with Gasteiger partial charge in [-0.15, -0.1) is 11.3 Å². The molecule has 168 valence electrons. The number of rotatable bonds is 5. The smallest absolute Gasteiger partial charge is 0.255 e. The summed E-state index contributed by atoms with van der Waals surface area (Å²) in [5.41, 5.74) is 5.59. The van der Waals surface area contributed by atoms with Crippen molar-refractivity contribution in [2.24, 2.45) is 0 Å². The number of fused-ring (bicyclic) bond motifs is 1. The highest BCUT2D eigenvalue weighted by molar-refractivity contribution is 7.13. The highest BCUT2D eigenvalue weighted by Crippen LogP contribution is 2.29. The van der Waals surface area contributed by atoms with Crippen LogP contribution in [0.3, 0.4) is 0 Å². The highest BCUT2D eigenvalue weighted by Gasteiger charge is 2.24. The fourth-order valence-electron chi connectivity index (χ4n) is 4.36. The van der Waals surface area contributed by atoms with E-state index in [-0.39, 0.29) is 5.56 Å². The van der Waals surface area contributed by atoms with E-state index in [1.165, 1.54) is 0 Å². The Kier molecular flexibility index (Phi) is 5.37. The van der Waals surface area contributed by atoms with Crippen LogP contribution in [-0.4, -0.2) is 36.2 Å². The van der Waals surface area contributed by atoms with Crippen LogP contribution in [0.25, 0.3) is 27.6 Å². The molecule has 0 unspecified atom stereocenters. The van der Waals surface area contributed by atoms with Crippen molar-refractivity contribution in [3.63, 3.8) is 0 Å². The molecule has 5 aromatic rings. The summed E-state index contributed by atoms with van der Waals surface area (Å²) < 4.78 is 1.94. The third-order valence-electron chi connectivity index (χ3n) is 6.06. The second kappa shape index (κ2) is 8.81. The lowest BCUT2D eigenvalue weighted by atomic mass is 10.1. The van der Waals surface area contributed by atoms with Gasteiger partial charge in [-0.25, -0.2) is 9.67 Å². The number of aromatic amines is 1. The van der Waals surface area contributed by atoms with E-state index in [0.717, 1.165) is 51.6 Å². The summed E-state index contributed by atoms with van der Waals surface area (Å²) in [4.78, 5) is 28.2. The number of H-pyrrole nitrogens is 1. The normalized spacial score (nSPS) is 13.6. The predicted octanol–water partition coefficient (Wildman–Crippen LogP) is 4.30. The molecule has 0 amide bonds. The van der Waals surface area contributed by atoms with Crippen LogP contribution in [0.2, 0.25) is 0 Å². The maximum Gasteiger partial charge on any atom is 0.255 e. The first-order valence-corrected chi connectivity index (χ1v) is 12.1. The van der Waals surface area contributed by atoms with Crippen molar-refractivity contribution in [3.05, 3.63) is 106 Å². The van der Waals surface area contributed by atoms with Crippen LogP contribution in [0.1, 0.15) is 16.8 Å². The van der Waals surface area contributed by atoms with Crippen molar-refractivity contribution >= 4 is 11.3 Å². The number of thiophene rings is 1. The first kappa shape index (κ1) is 20.7. The summed E-state index contributed by atoms with van der Waals surface area (Å²) in [7, 11) is 0. The second-order valence-corrected chi connectivity index (χ2v) is 9.24. The third kappa shape index (κ3) is 3.98. The molecule has 1 aliphatic heterocycles. The van der Waals surface area contributed by atoms with Gasteiger partial charge in [0.2, 0.25) is 0 Å². The van der Waals surface area contributed by atoms with Crippen molar-refractivity contribution < 1.29 is 0 Å². The molecule has 4 aromatic heterocycles. The minimum atomic E-state index is -0.0695. The molecule has 1 N–H and O–H groups in total. The average molecular weight is 467 g/mol. The Morgan fingerprint density at radius 2 is 1.88 bits per heavy atom. The van der Waals surface area contributed by atoms with Gasteiger partial charge in [0.05, 0.1) is 21.8 Å². The lowest BCUT2D eigenvalue weighted by Crippen LogP contribution is -2.35. The number of benzene rings is 1. The summed E-state index contributed by atoms with van der Waals surface area (Å²) in [5, 5.41) is 6.98. The van der Waals surface area contributed by atoms with Crippen molar-refractivity contribution in [1.82, 2.24) is 29.6 Å². The molecule has 7 nitrogen and oxygen atoms in total. The van der Waals surface area contributed by atoms with Crippen LogP contribution in [0.5, 0.6) is 0 Å². The Labute approximate surface area is 200 Å². The molecule has 0 bridgehead atoms. The molecule has 34 heavy (non-hydrogen) atoms. The fraction of sp³-hybridized carbons (Fsp3) is 0.154. The summed E-state index contributed by atoms with van der Waals surface area (Å²) in [6.07, 6.45) is 6.25. The van der Waals surface area contributed by atoms with Gasteiger partial charge in [0, 0.05) is 55.8 Å². The maximum absolute atomic E-state index is 12.9. The van der Waals surface area contributed by atoms with E-state index < -0.39 is 0 Å². The number of hydrogen-bond donors (Lipinski definition) is 1. The molecule has 0 atom stereocenters. The molecule has 5 heterocycles. The van der Waals surface area contributed by atoms with Gasteiger partial charge >= 0.3 is 0 Å². The van der Waals surface area contributed by atoms with Gasteiger partial charge < -0.3 is 4.98 Å². The van der Waals surface area contributed by atoms with E-state index in [1.807, 2.05) is 41.1 Å². The van der Waals surface area contributed by atoms with E-state index in [2.05, 4.69) is 44.6 Å². The van der Waals surface area contributed by atoms with Gasteiger partial charge in [0.25, 0.3) is 5.56 Å². The zero-order valence-corrected chi connectivity index (χ0v) is 19.2. The molecule has 0 radical (unpaired) electrons. The number of nitrogens with zero attached hydrogens (tertiary/aromatic N) is 5. The molecular weight excluding hydrogens is 444 g/mol. The Balaban J connectivity index is 1.30. The van der Waals surface area contributed by atoms with Gasteiger partial charge in [0.15, 0.2) is 0 Å². The lowest BCUT2D eigenvalue weighted by Gasteiger charge is -2.27. The molecule has 0 saturated carbocycles. The quantitative estimate of drug-likeness (QED) is 0.418. The van der Waals surface area contributed by atoms with Crippen molar-refractivity contribution in [1.29, 1.82) is 0 Å². The van der Waals surface area contributed by atoms with Crippen LogP contribution in [-0.2, 0) is 19.5 Å². The van der Waals surface area contributed by atoms with Crippen LogP contribution in [0.4, 0.5) is 0 Å². The largest absolute Gasteiger partial charge is 0.306 e. The minimum absolute atomic E-state index is 0.0695. The van der Waals surface area contributed by atoms with E-state index in [1.54, 1.807) is 23.7 Å². The van der Waals surface area contributed by atoms with Crippen molar-refractivity contribution in [2.75, 3.05) is 6.54 Å². The van der Waals surface area contributed by atoms with Gasteiger partial charge in [-0.1, -0.05) is 24.3 Å². The molecule has 1 aliphatic rings. The molecule has 6 rings (SSSR count). The van der Waals surface area contributed by atoms with Gasteiger partial charge in [-0.05, 0) is 35.7 Å². The van der Waals surface area contributed by atoms with Crippen LogP contribution >= 0.6 is 11.3 Å². The molecule has 8 heteroatoms. The van der Waals surface area contributed by atoms with Gasteiger partial charge in [-0.3, -0.25) is 14.7 Å². The third-order valence-corrected chi connectivity index (χ3v) is 6.94. The number of nitrogens with one attached hydrogen (secondary N) is 1. The number of hydrogen-bond acceptors (Lipinski definition) is 6. The predicted molar refractivity (Wildman–Crippen MR) is 133 cm³/mol. The SMILES string of the molecule is O=c1[nH]c(-c2ccncc2)nc2c1CN(Cc1cn(-c3ccccc3)nc1-c1cccs1)CC2. The van der Waals surface area contributed by atoms with E-state index in [9.17, 15) is 4.79 Å². The summed E-state index contributed by atoms with van der Waals surface area (Å²) in [6, 6.07) is 18.0. The Hall–Kier alpha value is -3.88. The second-order valence-electron chi connectivity index (χ2n) is 8.30. The topological polar surface area (TPSA) is 79.7 Å². The zero-order chi connectivity index (χ0) is 22.9. The van der Waals surface area contributed by atoms with E-state index in [4.69, 9.17) is 10.1 Å². The molecule has 0 saturated heterocycles. The molecule has 1 aromatic carbocycles. The zero-order valence-electron chi connectivity index (χ0n) is 18.4. The van der Waals surface area contributed by atoms with Crippen LogP contribution < -0.4 is 5.56 Å². The highest BCUT2D eigenvalue weighted by atomic mass is 32.1. The molecule has 0 spiro atoms. The number of para-hydroxylation sites is 1.